The summed E-state index contributed by atoms with van der Waals surface area (Å²) in [5, 5.41) is 12.2. The zero-order valence-electron chi connectivity index (χ0n) is 12.1. The largest absolute Gasteiger partial charge is 0.481 e. The molecule has 2 atom stereocenters. The lowest BCUT2D eigenvalue weighted by Crippen LogP contribution is -2.47. The van der Waals surface area contributed by atoms with Gasteiger partial charge in [0.05, 0.1) is 5.92 Å². The van der Waals surface area contributed by atoms with E-state index in [2.05, 4.69) is 5.32 Å². The van der Waals surface area contributed by atoms with E-state index in [4.69, 9.17) is 5.73 Å². The quantitative estimate of drug-likeness (QED) is 0.685. The number of carbonyl (C=O) groups is 2. The minimum Gasteiger partial charge on any atom is -0.481 e. The van der Waals surface area contributed by atoms with Crippen LogP contribution in [-0.4, -0.2) is 28.6 Å². The van der Waals surface area contributed by atoms with Crippen LogP contribution in [0.5, 0.6) is 0 Å². The van der Waals surface area contributed by atoms with Crippen molar-refractivity contribution in [3.05, 3.63) is 0 Å². The zero-order chi connectivity index (χ0) is 14.6. The van der Waals surface area contributed by atoms with Gasteiger partial charge in [0.25, 0.3) is 0 Å². The summed E-state index contributed by atoms with van der Waals surface area (Å²) in [6.45, 7) is 0. The average Bonchev–Trinajstić information content (AvgIpc) is 2.65. The molecule has 0 radical (unpaired) electrons. The van der Waals surface area contributed by atoms with E-state index in [1.165, 1.54) is 0 Å². The van der Waals surface area contributed by atoms with Crippen LogP contribution >= 0.6 is 0 Å². The number of carboxylic acids is 1. The Kier molecular flexibility index (Phi) is 5.02. The summed E-state index contributed by atoms with van der Waals surface area (Å²) < 4.78 is 0. The Labute approximate surface area is 120 Å². The standard InChI is InChI=1S/C15H26N2O3/c16-15(8-4-5-9-15)10-13(18)17-12-7-3-1-2-6-11(12)14(19)20/h11-12H,1-10,16H2,(H,17,18)(H,19,20). The molecule has 0 aromatic rings. The van der Waals surface area contributed by atoms with Crippen LogP contribution in [0.3, 0.4) is 0 Å². The third-order valence-corrected chi connectivity index (χ3v) is 4.79. The van der Waals surface area contributed by atoms with Crippen molar-refractivity contribution in [1.82, 2.24) is 5.32 Å². The Hall–Kier alpha value is -1.10. The number of hydrogen-bond donors (Lipinski definition) is 3. The first-order chi connectivity index (χ1) is 9.50. The van der Waals surface area contributed by atoms with Gasteiger partial charge >= 0.3 is 5.97 Å². The number of aliphatic carboxylic acids is 1. The van der Waals surface area contributed by atoms with E-state index >= 15 is 0 Å². The first-order valence-corrected chi connectivity index (χ1v) is 7.81. The third kappa shape index (κ3) is 3.95. The number of carbonyl (C=O) groups excluding carboxylic acids is 1. The molecule has 2 saturated carbocycles. The number of nitrogens with two attached hydrogens (primary N) is 1. The van der Waals surface area contributed by atoms with Crippen molar-refractivity contribution in [1.29, 1.82) is 0 Å². The van der Waals surface area contributed by atoms with Crippen molar-refractivity contribution in [3.63, 3.8) is 0 Å². The highest BCUT2D eigenvalue weighted by molar-refractivity contribution is 5.79. The summed E-state index contributed by atoms with van der Waals surface area (Å²) >= 11 is 0. The molecule has 1 amide bonds. The fraction of sp³-hybridized carbons (Fsp3) is 0.867. The number of amides is 1. The first-order valence-electron chi connectivity index (χ1n) is 7.81. The van der Waals surface area contributed by atoms with E-state index in [0.29, 0.717) is 12.8 Å². The van der Waals surface area contributed by atoms with Gasteiger partial charge in [-0.05, 0) is 25.7 Å². The molecule has 0 heterocycles. The van der Waals surface area contributed by atoms with Gasteiger partial charge < -0.3 is 16.2 Å². The molecule has 4 N–H and O–H groups in total. The van der Waals surface area contributed by atoms with Gasteiger partial charge in [0.15, 0.2) is 0 Å². The van der Waals surface area contributed by atoms with Crippen LogP contribution in [0, 0.1) is 5.92 Å². The van der Waals surface area contributed by atoms with E-state index in [0.717, 1.165) is 51.4 Å². The lowest BCUT2D eigenvalue weighted by atomic mass is 9.92. The predicted octanol–water partition coefficient (Wildman–Crippen LogP) is 1.80. The number of hydrogen-bond acceptors (Lipinski definition) is 3. The van der Waals surface area contributed by atoms with Crippen molar-refractivity contribution >= 4 is 11.9 Å². The average molecular weight is 282 g/mol. The lowest BCUT2D eigenvalue weighted by Gasteiger charge is -2.27. The summed E-state index contributed by atoms with van der Waals surface area (Å²) in [6, 6.07) is -0.229. The fourth-order valence-electron chi connectivity index (χ4n) is 3.61. The maximum Gasteiger partial charge on any atom is 0.308 e. The Morgan fingerprint density at radius 1 is 1.10 bits per heavy atom. The molecular formula is C15H26N2O3. The van der Waals surface area contributed by atoms with Crippen LogP contribution in [0.15, 0.2) is 0 Å². The molecule has 0 aliphatic heterocycles. The van der Waals surface area contributed by atoms with Crippen molar-refractivity contribution < 1.29 is 14.7 Å². The van der Waals surface area contributed by atoms with Gasteiger partial charge in [-0.15, -0.1) is 0 Å². The minimum atomic E-state index is -0.791. The Balaban J connectivity index is 1.91. The molecule has 0 aromatic carbocycles. The molecule has 5 nitrogen and oxygen atoms in total. The molecule has 114 valence electrons. The first kappa shape index (κ1) is 15.3. The molecule has 2 rings (SSSR count). The monoisotopic (exact) mass is 282 g/mol. The normalized spacial score (nSPS) is 29.6. The topological polar surface area (TPSA) is 92.4 Å². The van der Waals surface area contributed by atoms with Crippen LogP contribution in [0.25, 0.3) is 0 Å². The summed E-state index contributed by atoms with van der Waals surface area (Å²) in [4.78, 5) is 23.5. The summed E-state index contributed by atoms with van der Waals surface area (Å²) in [6.07, 6.45) is 8.70. The molecule has 2 aliphatic carbocycles. The molecule has 5 heteroatoms. The maximum absolute atomic E-state index is 12.2. The van der Waals surface area contributed by atoms with Gasteiger partial charge in [-0.3, -0.25) is 9.59 Å². The van der Waals surface area contributed by atoms with Gasteiger partial charge in [-0.2, -0.15) is 0 Å². The lowest BCUT2D eigenvalue weighted by molar-refractivity contribution is -0.143. The second-order valence-electron chi connectivity index (χ2n) is 6.50. The molecule has 2 aliphatic rings. The smallest absolute Gasteiger partial charge is 0.308 e. The predicted molar refractivity (Wildman–Crippen MR) is 76.1 cm³/mol. The van der Waals surface area contributed by atoms with E-state index in [-0.39, 0.29) is 17.5 Å². The molecule has 0 aromatic heterocycles. The van der Waals surface area contributed by atoms with Crippen molar-refractivity contribution in [3.8, 4) is 0 Å². The van der Waals surface area contributed by atoms with E-state index in [1.807, 2.05) is 0 Å². The SMILES string of the molecule is NC1(CC(=O)NC2CCCCCC2C(=O)O)CCCC1. The minimum absolute atomic E-state index is 0.0763. The molecule has 0 bridgehead atoms. The van der Waals surface area contributed by atoms with Gasteiger partial charge in [0.1, 0.15) is 0 Å². The molecule has 0 spiro atoms. The Morgan fingerprint density at radius 2 is 1.75 bits per heavy atom. The second-order valence-corrected chi connectivity index (χ2v) is 6.50. The van der Waals surface area contributed by atoms with E-state index in [1.54, 1.807) is 0 Å². The van der Waals surface area contributed by atoms with Crippen molar-refractivity contribution in [2.45, 2.75) is 75.8 Å². The fourth-order valence-corrected chi connectivity index (χ4v) is 3.61. The molecule has 0 saturated heterocycles. The second kappa shape index (κ2) is 6.57. The van der Waals surface area contributed by atoms with Gasteiger partial charge in [-0.25, -0.2) is 0 Å². The van der Waals surface area contributed by atoms with Gasteiger partial charge in [-0.1, -0.05) is 32.1 Å². The summed E-state index contributed by atoms with van der Waals surface area (Å²) in [5.74, 6) is -1.31. The van der Waals surface area contributed by atoms with Crippen molar-refractivity contribution in [2.24, 2.45) is 11.7 Å². The molecule has 2 fully saturated rings. The van der Waals surface area contributed by atoms with Crippen LogP contribution in [0.2, 0.25) is 0 Å². The number of carboxylic acid groups (broad SMARTS) is 1. The third-order valence-electron chi connectivity index (χ3n) is 4.79. The Morgan fingerprint density at radius 3 is 2.40 bits per heavy atom. The molecule has 20 heavy (non-hydrogen) atoms. The summed E-state index contributed by atoms with van der Waals surface area (Å²) in [7, 11) is 0. The van der Waals surface area contributed by atoms with Crippen LogP contribution in [-0.2, 0) is 9.59 Å². The van der Waals surface area contributed by atoms with Crippen LogP contribution in [0.4, 0.5) is 0 Å². The zero-order valence-corrected chi connectivity index (χ0v) is 12.1. The highest BCUT2D eigenvalue weighted by Crippen LogP contribution is 2.30. The molecule has 2 unspecified atom stereocenters. The Bertz CT molecular complexity index is 364. The van der Waals surface area contributed by atoms with Crippen LogP contribution < -0.4 is 11.1 Å². The van der Waals surface area contributed by atoms with Crippen molar-refractivity contribution in [2.75, 3.05) is 0 Å². The van der Waals surface area contributed by atoms with Crippen LogP contribution in [0.1, 0.15) is 64.2 Å². The summed E-state index contributed by atoms with van der Waals surface area (Å²) in [5.41, 5.74) is 5.85. The number of rotatable bonds is 4. The highest BCUT2D eigenvalue weighted by atomic mass is 16.4. The van der Waals surface area contributed by atoms with E-state index < -0.39 is 11.9 Å². The van der Waals surface area contributed by atoms with Gasteiger partial charge in [0, 0.05) is 18.0 Å². The highest BCUT2D eigenvalue weighted by Gasteiger charge is 2.34. The molecular weight excluding hydrogens is 256 g/mol. The maximum atomic E-state index is 12.2. The number of nitrogens with one attached hydrogen (secondary N) is 1. The van der Waals surface area contributed by atoms with Gasteiger partial charge in [0.2, 0.25) is 5.91 Å². The van der Waals surface area contributed by atoms with E-state index in [9.17, 15) is 14.7 Å².